The van der Waals surface area contributed by atoms with Crippen molar-refractivity contribution in [3.63, 3.8) is 0 Å². The number of fused-ring (bicyclic) bond motifs is 1. The molecule has 0 radical (unpaired) electrons. The van der Waals surface area contributed by atoms with Gasteiger partial charge in [0.1, 0.15) is 0 Å². The molecule has 2 aliphatic heterocycles. The molecule has 7 heteroatoms. The van der Waals surface area contributed by atoms with Crippen LogP contribution in [0.2, 0.25) is 0 Å². The third kappa shape index (κ3) is 3.72. The highest BCUT2D eigenvalue weighted by Gasteiger charge is 2.39. The van der Waals surface area contributed by atoms with Gasteiger partial charge in [0.05, 0.1) is 27.9 Å². The van der Waals surface area contributed by atoms with E-state index in [2.05, 4.69) is 15.5 Å². The van der Waals surface area contributed by atoms with Gasteiger partial charge in [0.15, 0.2) is 0 Å². The zero-order valence-electron chi connectivity index (χ0n) is 17.0. The number of nitrogens with one attached hydrogen (secondary N) is 1. The summed E-state index contributed by atoms with van der Waals surface area (Å²) in [6, 6.07) is 11.8. The Morgan fingerprint density at radius 1 is 1.23 bits per heavy atom. The summed E-state index contributed by atoms with van der Waals surface area (Å²) in [5.41, 5.74) is 3.21. The van der Waals surface area contributed by atoms with E-state index in [1.54, 1.807) is 0 Å². The second-order valence-corrected chi connectivity index (χ2v) is 9.40. The van der Waals surface area contributed by atoms with E-state index in [0.717, 1.165) is 42.8 Å². The molecular formula is C23H25N3O3S. The molecule has 1 N–H and O–H groups in total. The number of benzene rings is 1. The fraction of sp³-hybridized carbons (Fsp3) is 0.435. The van der Waals surface area contributed by atoms with Crippen LogP contribution in [-0.2, 0) is 4.74 Å². The fourth-order valence-corrected chi connectivity index (χ4v) is 5.77. The Hall–Kier alpha value is -2.38. The number of carbonyl (C=O) groups excluding carboxylic acids is 1. The molecule has 2 fully saturated rings. The monoisotopic (exact) mass is 423 g/mol. The Labute approximate surface area is 179 Å². The molecule has 2 aliphatic rings. The van der Waals surface area contributed by atoms with E-state index in [-0.39, 0.29) is 17.6 Å². The van der Waals surface area contributed by atoms with Crippen LogP contribution in [0, 0.1) is 6.92 Å². The van der Waals surface area contributed by atoms with Gasteiger partial charge in [-0.2, -0.15) is 11.8 Å². The summed E-state index contributed by atoms with van der Waals surface area (Å²) in [5, 5.41) is 8.00. The molecular weight excluding hydrogens is 398 g/mol. The zero-order valence-corrected chi connectivity index (χ0v) is 17.8. The minimum absolute atomic E-state index is 0.0721. The standard InChI is InChI=1S/C23H25N3O3S/c1-15-20-18(13-19(25-22(20)29-26-15)16-5-3-2-4-6-16)21(27)24-17-7-10-28-23(14-17)8-11-30-12-9-23/h2-6,13,17H,7-12,14H2,1H3,(H,24,27). The fourth-order valence-electron chi connectivity index (χ4n) is 4.54. The van der Waals surface area contributed by atoms with Gasteiger partial charge in [0, 0.05) is 18.2 Å². The van der Waals surface area contributed by atoms with Crippen LogP contribution in [0.25, 0.3) is 22.4 Å². The van der Waals surface area contributed by atoms with Crippen molar-refractivity contribution in [1.29, 1.82) is 0 Å². The summed E-state index contributed by atoms with van der Waals surface area (Å²) < 4.78 is 11.6. The van der Waals surface area contributed by atoms with Gasteiger partial charge >= 0.3 is 0 Å². The van der Waals surface area contributed by atoms with E-state index >= 15 is 0 Å². The van der Waals surface area contributed by atoms with Gasteiger partial charge in [0.2, 0.25) is 0 Å². The lowest BCUT2D eigenvalue weighted by Crippen LogP contribution is -2.50. The minimum Gasteiger partial charge on any atom is -0.375 e. The van der Waals surface area contributed by atoms with Crippen molar-refractivity contribution < 1.29 is 14.1 Å². The lowest BCUT2D eigenvalue weighted by molar-refractivity contribution is -0.0918. The molecule has 1 atom stereocenters. The predicted octanol–water partition coefficient (Wildman–Crippen LogP) is 4.37. The zero-order chi connectivity index (χ0) is 20.6. The molecule has 1 amide bonds. The molecule has 156 valence electrons. The average molecular weight is 424 g/mol. The van der Waals surface area contributed by atoms with Crippen LogP contribution in [0.5, 0.6) is 0 Å². The van der Waals surface area contributed by atoms with Crippen molar-refractivity contribution in [3.8, 4) is 11.3 Å². The van der Waals surface area contributed by atoms with E-state index in [4.69, 9.17) is 9.26 Å². The first-order valence-electron chi connectivity index (χ1n) is 10.5. The SMILES string of the molecule is Cc1noc2nc(-c3ccccc3)cc(C(=O)NC3CCOC4(CCSCC4)C3)c12. The molecule has 0 saturated carbocycles. The van der Waals surface area contributed by atoms with Gasteiger partial charge in [0.25, 0.3) is 11.6 Å². The number of thioether (sulfide) groups is 1. The highest BCUT2D eigenvalue weighted by molar-refractivity contribution is 7.99. The summed E-state index contributed by atoms with van der Waals surface area (Å²) >= 11 is 1.99. The largest absolute Gasteiger partial charge is 0.375 e. The summed E-state index contributed by atoms with van der Waals surface area (Å²) in [6.45, 7) is 2.54. The number of amides is 1. The quantitative estimate of drug-likeness (QED) is 0.674. The molecule has 3 aromatic rings. The number of rotatable bonds is 3. The van der Waals surface area contributed by atoms with Crippen LogP contribution in [-0.4, -0.2) is 45.8 Å². The number of carbonyl (C=O) groups is 1. The van der Waals surface area contributed by atoms with Gasteiger partial charge in [-0.05, 0) is 50.2 Å². The van der Waals surface area contributed by atoms with E-state index < -0.39 is 0 Å². The molecule has 5 rings (SSSR count). The summed E-state index contributed by atoms with van der Waals surface area (Å²) in [7, 11) is 0. The number of hydrogen-bond acceptors (Lipinski definition) is 6. The number of aromatic nitrogens is 2. The highest BCUT2D eigenvalue weighted by Crippen LogP contribution is 2.37. The first kappa shape index (κ1) is 19.6. The smallest absolute Gasteiger partial charge is 0.259 e. The second kappa shape index (κ2) is 8.04. The van der Waals surface area contributed by atoms with Crippen molar-refractivity contribution in [2.45, 2.75) is 44.2 Å². The van der Waals surface area contributed by atoms with E-state index in [0.29, 0.717) is 34.7 Å². The van der Waals surface area contributed by atoms with Crippen LogP contribution in [0.4, 0.5) is 0 Å². The van der Waals surface area contributed by atoms with Gasteiger partial charge in [-0.25, -0.2) is 4.98 Å². The lowest BCUT2D eigenvalue weighted by Gasteiger charge is -2.43. The molecule has 1 aromatic carbocycles. The summed E-state index contributed by atoms with van der Waals surface area (Å²) in [6.07, 6.45) is 3.84. The maximum Gasteiger partial charge on any atom is 0.259 e. The van der Waals surface area contributed by atoms with Gasteiger partial charge in [-0.15, -0.1) is 0 Å². The van der Waals surface area contributed by atoms with E-state index in [9.17, 15) is 4.79 Å². The Morgan fingerprint density at radius 2 is 2.03 bits per heavy atom. The van der Waals surface area contributed by atoms with Crippen molar-refractivity contribution in [1.82, 2.24) is 15.5 Å². The van der Waals surface area contributed by atoms with Crippen molar-refractivity contribution in [2.24, 2.45) is 0 Å². The molecule has 2 saturated heterocycles. The second-order valence-electron chi connectivity index (χ2n) is 8.18. The number of aryl methyl sites for hydroxylation is 1. The molecule has 1 spiro atoms. The number of pyridine rings is 1. The number of ether oxygens (including phenoxy) is 1. The molecule has 1 unspecified atom stereocenters. The molecule has 30 heavy (non-hydrogen) atoms. The Bertz CT molecular complexity index is 1050. The van der Waals surface area contributed by atoms with Crippen LogP contribution in [0.3, 0.4) is 0 Å². The molecule has 6 nitrogen and oxygen atoms in total. The maximum atomic E-state index is 13.4. The van der Waals surface area contributed by atoms with Crippen molar-refractivity contribution in [3.05, 3.63) is 47.7 Å². The highest BCUT2D eigenvalue weighted by atomic mass is 32.2. The number of hydrogen-bond donors (Lipinski definition) is 1. The summed E-state index contributed by atoms with van der Waals surface area (Å²) in [5.74, 6) is 2.16. The molecule has 0 bridgehead atoms. The first-order valence-corrected chi connectivity index (χ1v) is 11.6. The van der Waals surface area contributed by atoms with Crippen molar-refractivity contribution >= 4 is 28.8 Å². The van der Waals surface area contributed by atoms with E-state index in [1.165, 1.54) is 0 Å². The van der Waals surface area contributed by atoms with Crippen LogP contribution >= 0.6 is 11.8 Å². The van der Waals surface area contributed by atoms with Crippen LogP contribution in [0.1, 0.15) is 41.7 Å². The molecule has 2 aromatic heterocycles. The average Bonchev–Trinajstić information content (AvgIpc) is 3.15. The van der Waals surface area contributed by atoms with Crippen LogP contribution in [0.15, 0.2) is 40.9 Å². The minimum atomic E-state index is -0.0990. The molecule has 0 aliphatic carbocycles. The van der Waals surface area contributed by atoms with Gasteiger partial charge in [-0.3, -0.25) is 4.79 Å². The third-order valence-corrected chi connectivity index (χ3v) is 7.15. The van der Waals surface area contributed by atoms with E-state index in [1.807, 2.05) is 55.1 Å². The molecule has 4 heterocycles. The maximum absolute atomic E-state index is 13.4. The number of nitrogens with zero attached hydrogens (tertiary/aromatic N) is 2. The topological polar surface area (TPSA) is 77.2 Å². The van der Waals surface area contributed by atoms with Crippen LogP contribution < -0.4 is 5.32 Å². The normalized spacial score (nSPS) is 21.0. The first-order chi connectivity index (χ1) is 14.6. The Kier molecular flexibility index (Phi) is 5.25. The van der Waals surface area contributed by atoms with Gasteiger partial charge in [-0.1, -0.05) is 35.5 Å². The summed E-state index contributed by atoms with van der Waals surface area (Å²) in [4.78, 5) is 18.0. The predicted molar refractivity (Wildman–Crippen MR) is 118 cm³/mol. The lowest BCUT2D eigenvalue weighted by atomic mass is 9.85. The Morgan fingerprint density at radius 3 is 2.83 bits per heavy atom. The third-order valence-electron chi connectivity index (χ3n) is 6.16. The van der Waals surface area contributed by atoms with Gasteiger partial charge < -0.3 is 14.6 Å². The Balaban J connectivity index is 1.45. The van der Waals surface area contributed by atoms with Crippen molar-refractivity contribution in [2.75, 3.05) is 18.1 Å².